The van der Waals surface area contributed by atoms with Gasteiger partial charge in [0.1, 0.15) is 0 Å². The summed E-state index contributed by atoms with van der Waals surface area (Å²) in [5, 5.41) is 8.66. The van der Waals surface area contributed by atoms with Crippen molar-refractivity contribution in [3.05, 3.63) is 41.4 Å². The smallest absolute Gasteiger partial charge is 0.335 e. The summed E-state index contributed by atoms with van der Waals surface area (Å²) in [6, 6.07) is 4.93. The molecule has 1 aromatic carbocycles. The Kier molecular flexibility index (Phi) is 3.72. The molecule has 86 valence electrons. The number of carboxylic acid groups (broad SMARTS) is 1. The number of sulfone groups is 1. The second-order valence-corrected chi connectivity index (χ2v) is 5.63. The van der Waals surface area contributed by atoms with Crippen molar-refractivity contribution in [3.63, 3.8) is 0 Å². The van der Waals surface area contributed by atoms with Gasteiger partial charge < -0.3 is 5.11 Å². The molecule has 0 unspecified atom stereocenters. The lowest BCUT2D eigenvalue weighted by molar-refractivity contribution is 0.0697. The molecule has 0 amide bonds. The van der Waals surface area contributed by atoms with Crippen molar-refractivity contribution >= 4 is 27.4 Å². The average Bonchev–Trinajstić information content (AvgIpc) is 2.16. The Balaban J connectivity index is 3.07. The maximum atomic E-state index is 11.6. The Bertz CT molecular complexity index is 516. The Morgan fingerprint density at radius 3 is 2.19 bits per heavy atom. The number of hydrogen-bond acceptors (Lipinski definition) is 3. The predicted molar refractivity (Wildman–Crippen MR) is 60.4 cm³/mol. The number of rotatable bonds is 4. The molecule has 0 spiro atoms. The van der Waals surface area contributed by atoms with Gasteiger partial charge in [-0.2, -0.15) is 0 Å². The fourth-order valence-corrected chi connectivity index (χ4v) is 2.66. The van der Waals surface area contributed by atoms with Gasteiger partial charge in [0.15, 0.2) is 9.84 Å². The molecule has 4 nitrogen and oxygen atoms in total. The van der Waals surface area contributed by atoms with E-state index < -0.39 is 15.8 Å². The first kappa shape index (κ1) is 12.7. The summed E-state index contributed by atoms with van der Waals surface area (Å²) in [6.07, 6.45) is 0. The Labute approximate surface area is 98.1 Å². The number of halogens is 1. The molecule has 0 fully saturated rings. The molecule has 1 rings (SSSR count). The molecular weight excluding hydrogens is 252 g/mol. The van der Waals surface area contributed by atoms with Crippen LogP contribution in [0.4, 0.5) is 0 Å². The van der Waals surface area contributed by atoms with Crippen LogP contribution in [0.25, 0.3) is 0 Å². The van der Waals surface area contributed by atoms with Crippen LogP contribution in [0, 0.1) is 0 Å². The Morgan fingerprint density at radius 2 is 1.81 bits per heavy atom. The lowest BCUT2D eigenvalue weighted by Crippen LogP contribution is -2.07. The van der Waals surface area contributed by atoms with Crippen molar-refractivity contribution in [2.24, 2.45) is 0 Å². The number of aromatic carboxylic acids is 1. The monoisotopic (exact) mass is 260 g/mol. The van der Waals surface area contributed by atoms with Crippen LogP contribution >= 0.6 is 11.6 Å². The van der Waals surface area contributed by atoms with Gasteiger partial charge in [0.2, 0.25) is 0 Å². The van der Waals surface area contributed by atoms with E-state index in [2.05, 4.69) is 6.58 Å². The third-order valence-electron chi connectivity index (χ3n) is 1.81. The van der Waals surface area contributed by atoms with E-state index in [0.29, 0.717) is 0 Å². The first-order valence-electron chi connectivity index (χ1n) is 4.22. The molecule has 0 aliphatic carbocycles. The normalized spacial score (nSPS) is 11.1. The molecule has 1 aromatic rings. The Hall–Kier alpha value is -1.33. The van der Waals surface area contributed by atoms with Gasteiger partial charge in [0, 0.05) is 5.03 Å². The minimum atomic E-state index is -3.53. The summed E-state index contributed by atoms with van der Waals surface area (Å²) in [6.45, 7) is 3.30. The minimum absolute atomic E-state index is 0.0160. The summed E-state index contributed by atoms with van der Waals surface area (Å²) < 4.78 is 23.3. The van der Waals surface area contributed by atoms with Crippen LogP contribution in [0.3, 0.4) is 0 Å². The molecule has 1 N–H and O–H groups in total. The van der Waals surface area contributed by atoms with Gasteiger partial charge in [-0.15, -0.1) is 0 Å². The molecule has 0 bridgehead atoms. The van der Waals surface area contributed by atoms with E-state index in [4.69, 9.17) is 16.7 Å². The molecule has 0 aliphatic rings. The summed E-state index contributed by atoms with van der Waals surface area (Å²) in [7, 11) is -3.53. The molecule has 0 saturated carbocycles. The van der Waals surface area contributed by atoms with E-state index in [1.54, 1.807) is 0 Å². The number of benzene rings is 1. The van der Waals surface area contributed by atoms with E-state index in [1.165, 1.54) is 24.3 Å². The topological polar surface area (TPSA) is 71.4 Å². The zero-order chi connectivity index (χ0) is 12.3. The summed E-state index contributed by atoms with van der Waals surface area (Å²) >= 11 is 5.43. The van der Waals surface area contributed by atoms with Crippen molar-refractivity contribution in [2.45, 2.75) is 4.90 Å². The van der Waals surface area contributed by atoms with Crippen LogP contribution in [0.5, 0.6) is 0 Å². The van der Waals surface area contributed by atoms with Crippen molar-refractivity contribution in [1.29, 1.82) is 0 Å². The summed E-state index contributed by atoms with van der Waals surface area (Å²) in [5.74, 6) is -1.47. The van der Waals surface area contributed by atoms with Crippen LogP contribution in [-0.2, 0) is 9.84 Å². The Morgan fingerprint density at radius 1 is 1.31 bits per heavy atom. The molecule has 0 saturated heterocycles. The molecule has 0 radical (unpaired) electrons. The summed E-state index contributed by atoms with van der Waals surface area (Å²) in [5.41, 5.74) is 0.0312. The molecule has 6 heteroatoms. The molecule has 0 aliphatic heterocycles. The van der Waals surface area contributed by atoms with Crippen LogP contribution < -0.4 is 0 Å². The van der Waals surface area contributed by atoms with Gasteiger partial charge in [-0.25, -0.2) is 13.2 Å². The highest BCUT2D eigenvalue weighted by Crippen LogP contribution is 2.15. The van der Waals surface area contributed by atoms with Crippen molar-refractivity contribution in [1.82, 2.24) is 0 Å². The number of carbonyl (C=O) groups is 1. The van der Waals surface area contributed by atoms with Crippen LogP contribution in [0.15, 0.2) is 40.8 Å². The van der Waals surface area contributed by atoms with Gasteiger partial charge in [-0.05, 0) is 24.3 Å². The highest BCUT2D eigenvalue weighted by molar-refractivity contribution is 7.91. The number of hydrogen-bond donors (Lipinski definition) is 1. The van der Waals surface area contributed by atoms with E-state index in [-0.39, 0.29) is 21.2 Å². The van der Waals surface area contributed by atoms with Crippen molar-refractivity contribution < 1.29 is 18.3 Å². The quantitative estimate of drug-likeness (QED) is 0.898. The lowest BCUT2D eigenvalue weighted by Gasteiger charge is -2.03. The van der Waals surface area contributed by atoms with Gasteiger partial charge >= 0.3 is 5.97 Å². The zero-order valence-electron chi connectivity index (χ0n) is 8.18. The van der Waals surface area contributed by atoms with Crippen molar-refractivity contribution in [3.8, 4) is 0 Å². The lowest BCUT2D eigenvalue weighted by atomic mass is 10.2. The fourth-order valence-electron chi connectivity index (χ4n) is 1.09. The molecule has 16 heavy (non-hydrogen) atoms. The van der Waals surface area contributed by atoms with Crippen LogP contribution in [0.1, 0.15) is 10.4 Å². The second kappa shape index (κ2) is 4.67. The van der Waals surface area contributed by atoms with Crippen molar-refractivity contribution in [2.75, 3.05) is 5.75 Å². The van der Waals surface area contributed by atoms with E-state index in [1.807, 2.05) is 0 Å². The van der Waals surface area contributed by atoms with Gasteiger partial charge in [-0.3, -0.25) is 0 Å². The molecule has 0 atom stereocenters. The van der Waals surface area contributed by atoms with Gasteiger partial charge in [0.25, 0.3) is 0 Å². The maximum absolute atomic E-state index is 11.6. The SMILES string of the molecule is C=C(Cl)CS(=O)(=O)c1ccc(C(=O)O)cc1. The van der Waals surface area contributed by atoms with Crippen LogP contribution in [-0.4, -0.2) is 25.2 Å². The highest BCUT2D eigenvalue weighted by Gasteiger charge is 2.15. The van der Waals surface area contributed by atoms with E-state index in [0.717, 1.165) is 0 Å². The van der Waals surface area contributed by atoms with Gasteiger partial charge in [-0.1, -0.05) is 18.2 Å². The maximum Gasteiger partial charge on any atom is 0.335 e. The highest BCUT2D eigenvalue weighted by atomic mass is 35.5. The first-order valence-corrected chi connectivity index (χ1v) is 6.25. The minimum Gasteiger partial charge on any atom is -0.478 e. The standard InChI is InChI=1S/C10H9ClO4S/c1-7(11)6-16(14,15)9-4-2-8(3-5-9)10(12)13/h2-5H,1,6H2,(H,12,13). The zero-order valence-corrected chi connectivity index (χ0v) is 9.75. The third kappa shape index (κ3) is 3.08. The van der Waals surface area contributed by atoms with E-state index in [9.17, 15) is 13.2 Å². The first-order chi connectivity index (χ1) is 7.33. The largest absolute Gasteiger partial charge is 0.478 e. The van der Waals surface area contributed by atoms with E-state index >= 15 is 0 Å². The number of carboxylic acids is 1. The average molecular weight is 261 g/mol. The van der Waals surface area contributed by atoms with Crippen LogP contribution in [0.2, 0.25) is 0 Å². The summed E-state index contributed by atoms with van der Waals surface area (Å²) in [4.78, 5) is 10.6. The third-order valence-corrected chi connectivity index (χ3v) is 3.82. The van der Waals surface area contributed by atoms with Gasteiger partial charge in [0.05, 0.1) is 16.2 Å². The fraction of sp³-hybridized carbons (Fsp3) is 0.100. The molecular formula is C10H9ClO4S. The molecule has 0 heterocycles. The predicted octanol–water partition coefficient (Wildman–Crippen LogP) is 1.91. The molecule has 0 aromatic heterocycles. The second-order valence-electron chi connectivity index (χ2n) is 3.11.